The summed E-state index contributed by atoms with van der Waals surface area (Å²) in [7, 11) is 2.05. The fourth-order valence-electron chi connectivity index (χ4n) is 2.91. The van der Waals surface area contributed by atoms with E-state index in [9.17, 15) is 4.79 Å². The number of anilines is 1. The van der Waals surface area contributed by atoms with Crippen LogP contribution in [0.5, 0.6) is 0 Å². The van der Waals surface area contributed by atoms with E-state index in [4.69, 9.17) is 4.74 Å². The molecule has 0 saturated heterocycles. The van der Waals surface area contributed by atoms with E-state index in [-0.39, 0.29) is 6.09 Å². The van der Waals surface area contributed by atoms with Gasteiger partial charge in [-0.05, 0) is 47.8 Å². The first-order chi connectivity index (χ1) is 10.7. The molecule has 0 fully saturated rings. The van der Waals surface area contributed by atoms with Crippen molar-refractivity contribution in [2.24, 2.45) is 0 Å². The maximum atomic E-state index is 12.3. The van der Waals surface area contributed by atoms with Gasteiger partial charge in [-0.2, -0.15) is 0 Å². The van der Waals surface area contributed by atoms with E-state index in [0.717, 1.165) is 29.1 Å². The smallest absolute Gasteiger partial charge is 0.410 e. The largest absolute Gasteiger partial charge is 0.444 e. The van der Waals surface area contributed by atoms with Crippen molar-refractivity contribution in [1.29, 1.82) is 0 Å². The number of nitrogens with zero attached hydrogens (tertiary/aromatic N) is 4. The molecule has 1 aromatic heterocycles. The summed E-state index contributed by atoms with van der Waals surface area (Å²) >= 11 is 3.48. The zero-order valence-electron chi connectivity index (χ0n) is 14.0. The molecule has 0 unspecified atom stereocenters. The minimum atomic E-state index is -0.470. The molecule has 0 bridgehead atoms. The number of pyridine rings is 1. The average Bonchev–Trinajstić information content (AvgIpc) is 2.45. The highest BCUT2D eigenvalue weighted by Gasteiger charge is 2.36. The van der Waals surface area contributed by atoms with Crippen molar-refractivity contribution < 1.29 is 14.1 Å². The molecule has 0 aromatic carbocycles. The average molecular weight is 382 g/mol. The van der Waals surface area contributed by atoms with Crippen LogP contribution in [0.25, 0.3) is 0 Å². The molecule has 0 aliphatic carbocycles. The Morgan fingerprint density at radius 1 is 1.39 bits per heavy atom. The molecule has 3 heterocycles. The first-order valence-corrected chi connectivity index (χ1v) is 8.51. The molecule has 2 aliphatic heterocycles. The van der Waals surface area contributed by atoms with Crippen molar-refractivity contribution in [3.8, 4) is 0 Å². The van der Waals surface area contributed by atoms with E-state index >= 15 is 0 Å². The SMILES string of the molecule is CN1CC2=[N+](CCN(C(=O)OC(C)(C)C)C2)c2ncc(Br)cc21. The molecule has 2 aliphatic rings. The zero-order valence-corrected chi connectivity index (χ0v) is 15.6. The monoisotopic (exact) mass is 381 g/mol. The molecule has 0 radical (unpaired) electrons. The van der Waals surface area contributed by atoms with Crippen molar-refractivity contribution in [2.45, 2.75) is 26.4 Å². The van der Waals surface area contributed by atoms with Crippen molar-refractivity contribution >= 4 is 39.2 Å². The van der Waals surface area contributed by atoms with E-state index < -0.39 is 5.60 Å². The fourth-order valence-corrected chi connectivity index (χ4v) is 3.23. The van der Waals surface area contributed by atoms with Crippen LogP contribution < -0.4 is 4.90 Å². The van der Waals surface area contributed by atoms with Crippen LogP contribution in [0.3, 0.4) is 0 Å². The Morgan fingerprint density at radius 2 is 2.13 bits per heavy atom. The topological polar surface area (TPSA) is 48.7 Å². The Morgan fingerprint density at radius 3 is 2.83 bits per heavy atom. The van der Waals surface area contributed by atoms with Crippen molar-refractivity contribution in [1.82, 2.24) is 9.88 Å². The molecule has 6 nitrogen and oxygen atoms in total. The van der Waals surface area contributed by atoms with Crippen LogP contribution in [-0.4, -0.2) is 65.1 Å². The van der Waals surface area contributed by atoms with E-state index in [1.165, 1.54) is 5.71 Å². The van der Waals surface area contributed by atoms with Gasteiger partial charge >= 0.3 is 11.9 Å². The van der Waals surface area contributed by atoms with Gasteiger partial charge in [-0.1, -0.05) is 0 Å². The highest BCUT2D eigenvalue weighted by atomic mass is 79.9. The summed E-state index contributed by atoms with van der Waals surface area (Å²) in [5.74, 6) is 0.959. The number of carbonyl (C=O) groups is 1. The van der Waals surface area contributed by atoms with Gasteiger partial charge in [0.2, 0.25) is 0 Å². The lowest BCUT2D eigenvalue weighted by molar-refractivity contribution is -0.453. The van der Waals surface area contributed by atoms with Gasteiger partial charge in [-0.15, -0.1) is 0 Å². The Hall–Kier alpha value is -1.63. The third-order valence-corrected chi connectivity index (χ3v) is 4.33. The maximum absolute atomic E-state index is 12.3. The number of ether oxygens (including phenoxy) is 1. The van der Waals surface area contributed by atoms with Crippen LogP contribution in [0.4, 0.5) is 16.3 Å². The van der Waals surface area contributed by atoms with Gasteiger partial charge in [0.15, 0.2) is 6.20 Å². The summed E-state index contributed by atoms with van der Waals surface area (Å²) in [6.07, 6.45) is 1.57. The summed E-state index contributed by atoms with van der Waals surface area (Å²) in [5.41, 5.74) is 1.81. The molecule has 0 saturated carbocycles. The van der Waals surface area contributed by atoms with Crippen molar-refractivity contribution in [3.05, 3.63) is 16.7 Å². The number of fused-ring (bicyclic) bond motifs is 2. The van der Waals surface area contributed by atoms with Gasteiger partial charge < -0.3 is 9.64 Å². The van der Waals surface area contributed by atoms with Gasteiger partial charge in [0, 0.05) is 7.05 Å². The van der Waals surface area contributed by atoms with Crippen LogP contribution >= 0.6 is 15.9 Å². The van der Waals surface area contributed by atoms with Gasteiger partial charge in [-0.25, -0.2) is 9.37 Å². The molecular formula is C16H22BrN4O2+. The van der Waals surface area contributed by atoms with Crippen LogP contribution in [0, 0.1) is 0 Å². The molecule has 1 aromatic rings. The first kappa shape index (κ1) is 16.2. The second-order valence-corrected chi connectivity index (χ2v) is 7.89. The summed E-state index contributed by atoms with van der Waals surface area (Å²) in [6.45, 7) is 8.41. The molecule has 7 heteroatoms. The molecule has 1 amide bonds. The van der Waals surface area contributed by atoms with E-state index in [1.54, 1.807) is 4.90 Å². The normalized spacial score (nSPS) is 17.8. The van der Waals surface area contributed by atoms with E-state index in [0.29, 0.717) is 13.1 Å². The summed E-state index contributed by atoms with van der Waals surface area (Å²) in [6, 6.07) is 2.08. The lowest BCUT2D eigenvalue weighted by Gasteiger charge is -2.35. The molecule has 3 rings (SSSR count). The molecular weight excluding hydrogens is 360 g/mol. The summed E-state index contributed by atoms with van der Waals surface area (Å²) in [4.78, 5) is 20.8. The number of hydrogen-bond donors (Lipinski definition) is 0. The predicted molar refractivity (Wildman–Crippen MR) is 92.8 cm³/mol. The molecule has 0 spiro atoms. The third-order valence-electron chi connectivity index (χ3n) is 3.90. The van der Waals surface area contributed by atoms with E-state index in [2.05, 4.69) is 36.5 Å². The molecule has 0 atom stereocenters. The summed E-state index contributed by atoms with van der Waals surface area (Å²) < 4.78 is 8.68. The number of amides is 1. The van der Waals surface area contributed by atoms with Crippen molar-refractivity contribution in [2.75, 3.05) is 38.1 Å². The second kappa shape index (κ2) is 5.78. The minimum absolute atomic E-state index is 0.248. The first-order valence-electron chi connectivity index (χ1n) is 7.71. The lowest BCUT2D eigenvalue weighted by atomic mass is 10.1. The number of aromatic nitrogens is 1. The van der Waals surface area contributed by atoms with Gasteiger partial charge in [0.1, 0.15) is 23.5 Å². The zero-order chi connectivity index (χ0) is 16.8. The quantitative estimate of drug-likeness (QED) is 0.648. The standard InChI is InChI=1S/C16H22BrN4O2/c1-16(2,3)23-15(22)20-5-6-21-12(10-20)9-19(4)13-7-11(17)8-18-14(13)21/h7-8H,5-6,9-10H2,1-4H3/q+1. The Balaban J connectivity index is 1.85. The number of carbonyl (C=O) groups excluding carboxylic acids is 1. The van der Waals surface area contributed by atoms with Crippen molar-refractivity contribution in [3.63, 3.8) is 0 Å². The highest BCUT2D eigenvalue weighted by Crippen LogP contribution is 2.32. The van der Waals surface area contributed by atoms with Gasteiger partial charge in [-0.3, -0.25) is 4.90 Å². The molecule has 23 heavy (non-hydrogen) atoms. The fraction of sp³-hybridized carbons (Fsp3) is 0.562. The summed E-state index contributed by atoms with van der Waals surface area (Å²) in [5, 5.41) is 0. The van der Waals surface area contributed by atoms with Gasteiger partial charge in [0.05, 0.1) is 24.1 Å². The second-order valence-electron chi connectivity index (χ2n) is 6.97. The number of hydrogen-bond acceptors (Lipinski definition) is 4. The maximum Gasteiger partial charge on any atom is 0.410 e. The third kappa shape index (κ3) is 3.34. The van der Waals surface area contributed by atoms with Gasteiger partial charge in [0.25, 0.3) is 0 Å². The molecule has 124 valence electrons. The Bertz CT molecular complexity index is 681. The number of halogens is 1. The Kier molecular flexibility index (Phi) is 4.08. The molecule has 0 N–H and O–H groups in total. The van der Waals surface area contributed by atoms with Crippen LogP contribution in [0.2, 0.25) is 0 Å². The van der Waals surface area contributed by atoms with E-state index in [1.807, 2.05) is 34.0 Å². The minimum Gasteiger partial charge on any atom is -0.444 e. The Labute approximate surface area is 144 Å². The van der Waals surface area contributed by atoms with Crippen LogP contribution in [-0.2, 0) is 4.74 Å². The van der Waals surface area contributed by atoms with Crippen LogP contribution in [0.15, 0.2) is 16.7 Å². The lowest BCUT2D eigenvalue weighted by Crippen LogP contribution is -2.52. The highest BCUT2D eigenvalue weighted by molar-refractivity contribution is 9.10. The number of rotatable bonds is 0. The van der Waals surface area contributed by atoms with Crippen LogP contribution in [0.1, 0.15) is 20.8 Å². The predicted octanol–water partition coefficient (Wildman–Crippen LogP) is 2.63.